The molecule has 1 N–H and O–H groups in total. The van der Waals surface area contributed by atoms with Crippen molar-refractivity contribution < 1.29 is 9.47 Å². The Bertz CT molecular complexity index is 851. The van der Waals surface area contributed by atoms with E-state index in [1.807, 2.05) is 30.5 Å². The predicted molar refractivity (Wildman–Crippen MR) is 90.7 cm³/mol. The molecule has 0 saturated carbocycles. The highest BCUT2D eigenvalue weighted by atomic mass is 16.5. The van der Waals surface area contributed by atoms with Gasteiger partial charge in [-0.3, -0.25) is 4.98 Å². The van der Waals surface area contributed by atoms with E-state index in [2.05, 4.69) is 20.3 Å². The van der Waals surface area contributed by atoms with Gasteiger partial charge in [0.15, 0.2) is 11.6 Å². The standard InChI is InChI=1S/C18H16N4O2/c1-23-16-5-4-12(9-20-16)15-11-21-18(17-14(15)6-8-24-17)22-13-3-2-7-19-10-13/h2-5,7,9-11H,6,8H2,1H3,(H,21,22). The number of aromatic nitrogens is 3. The van der Waals surface area contributed by atoms with Crippen LogP contribution in [0.25, 0.3) is 11.1 Å². The lowest BCUT2D eigenvalue weighted by atomic mass is 10.0. The molecule has 1 aliphatic heterocycles. The molecule has 0 fully saturated rings. The van der Waals surface area contributed by atoms with Gasteiger partial charge in [-0.05, 0) is 18.2 Å². The summed E-state index contributed by atoms with van der Waals surface area (Å²) in [7, 11) is 1.61. The summed E-state index contributed by atoms with van der Waals surface area (Å²) in [4.78, 5) is 12.9. The van der Waals surface area contributed by atoms with E-state index in [1.54, 1.807) is 25.7 Å². The van der Waals surface area contributed by atoms with E-state index in [4.69, 9.17) is 9.47 Å². The van der Waals surface area contributed by atoms with E-state index < -0.39 is 0 Å². The van der Waals surface area contributed by atoms with Crippen LogP contribution in [0.4, 0.5) is 11.5 Å². The van der Waals surface area contributed by atoms with E-state index in [1.165, 1.54) is 0 Å². The molecule has 120 valence electrons. The van der Waals surface area contributed by atoms with Crippen LogP contribution in [0.5, 0.6) is 11.6 Å². The fourth-order valence-electron chi connectivity index (χ4n) is 2.76. The lowest BCUT2D eigenvalue weighted by Crippen LogP contribution is -1.98. The fraction of sp³-hybridized carbons (Fsp3) is 0.167. The summed E-state index contributed by atoms with van der Waals surface area (Å²) in [5.74, 6) is 2.10. The van der Waals surface area contributed by atoms with Crippen LogP contribution in [0.1, 0.15) is 5.56 Å². The van der Waals surface area contributed by atoms with Crippen molar-refractivity contribution in [3.8, 4) is 22.8 Å². The maximum Gasteiger partial charge on any atom is 0.212 e. The summed E-state index contributed by atoms with van der Waals surface area (Å²) < 4.78 is 10.9. The Morgan fingerprint density at radius 1 is 1.12 bits per heavy atom. The fourth-order valence-corrected chi connectivity index (χ4v) is 2.76. The van der Waals surface area contributed by atoms with Gasteiger partial charge in [-0.15, -0.1) is 0 Å². The van der Waals surface area contributed by atoms with E-state index in [-0.39, 0.29) is 0 Å². The van der Waals surface area contributed by atoms with Crippen molar-refractivity contribution in [1.29, 1.82) is 0 Å². The first kappa shape index (κ1) is 14.4. The zero-order valence-electron chi connectivity index (χ0n) is 13.2. The number of rotatable bonds is 4. The van der Waals surface area contributed by atoms with Crippen LogP contribution < -0.4 is 14.8 Å². The first-order chi connectivity index (χ1) is 11.8. The number of hydrogen-bond donors (Lipinski definition) is 1. The molecule has 6 nitrogen and oxygen atoms in total. The largest absolute Gasteiger partial charge is 0.489 e. The summed E-state index contributed by atoms with van der Waals surface area (Å²) in [5, 5.41) is 3.27. The molecule has 3 aromatic heterocycles. The van der Waals surface area contributed by atoms with Crippen LogP contribution in [0.2, 0.25) is 0 Å². The topological polar surface area (TPSA) is 69.2 Å². The number of nitrogens with one attached hydrogen (secondary N) is 1. The third-order valence-corrected chi connectivity index (χ3v) is 3.92. The van der Waals surface area contributed by atoms with Crippen molar-refractivity contribution in [2.24, 2.45) is 0 Å². The zero-order valence-corrected chi connectivity index (χ0v) is 13.2. The molecule has 1 aliphatic rings. The molecule has 0 atom stereocenters. The highest BCUT2D eigenvalue weighted by molar-refractivity contribution is 5.75. The minimum Gasteiger partial charge on any atom is -0.489 e. The maximum absolute atomic E-state index is 5.82. The Morgan fingerprint density at radius 3 is 2.83 bits per heavy atom. The summed E-state index contributed by atoms with van der Waals surface area (Å²) in [5.41, 5.74) is 4.05. The Labute approximate surface area is 139 Å². The van der Waals surface area contributed by atoms with Gasteiger partial charge in [0.2, 0.25) is 5.88 Å². The number of methoxy groups -OCH3 is 1. The highest BCUT2D eigenvalue weighted by Gasteiger charge is 2.22. The number of pyridine rings is 3. The third-order valence-electron chi connectivity index (χ3n) is 3.92. The molecular formula is C18H16N4O2. The quantitative estimate of drug-likeness (QED) is 0.796. The molecule has 0 aliphatic carbocycles. The van der Waals surface area contributed by atoms with Gasteiger partial charge in [-0.2, -0.15) is 0 Å². The molecule has 4 rings (SSSR count). The van der Waals surface area contributed by atoms with Crippen LogP contribution in [0.3, 0.4) is 0 Å². The first-order valence-electron chi connectivity index (χ1n) is 7.67. The Kier molecular flexibility index (Phi) is 3.70. The number of ether oxygens (including phenoxy) is 2. The molecule has 0 aromatic carbocycles. The van der Waals surface area contributed by atoms with Crippen LogP contribution in [-0.2, 0) is 6.42 Å². The molecule has 3 aromatic rings. The maximum atomic E-state index is 5.82. The second-order valence-corrected chi connectivity index (χ2v) is 5.38. The molecule has 24 heavy (non-hydrogen) atoms. The van der Waals surface area contributed by atoms with Crippen LogP contribution in [-0.4, -0.2) is 28.7 Å². The Balaban J connectivity index is 1.71. The predicted octanol–water partition coefficient (Wildman–Crippen LogP) is 3.23. The van der Waals surface area contributed by atoms with Crippen LogP contribution in [0.15, 0.2) is 49.1 Å². The number of hydrogen-bond acceptors (Lipinski definition) is 6. The van der Waals surface area contributed by atoms with Gasteiger partial charge < -0.3 is 14.8 Å². The molecule has 0 radical (unpaired) electrons. The van der Waals surface area contributed by atoms with E-state index in [0.717, 1.165) is 34.5 Å². The van der Waals surface area contributed by atoms with E-state index in [0.29, 0.717) is 18.3 Å². The smallest absolute Gasteiger partial charge is 0.212 e. The Morgan fingerprint density at radius 2 is 2.08 bits per heavy atom. The van der Waals surface area contributed by atoms with Gasteiger partial charge in [-0.1, -0.05) is 0 Å². The van der Waals surface area contributed by atoms with Gasteiger partial charge in [0.05, 0.1) is 25.6 Å². The summed E-state index contributed by atoms with van der Waals surface area (Å²) >= 11 is 0. The van der Waals surface area contributed by atoms with E-state index in [9.17, 15) is 0 Å². The molecule has 0 unspecified atom stereocenters. The molecule has 0 bridgehead atoms. The molecular weight excluding hydrogens is 304 g/mol. The highest BCUT2D eigenvalue weighted by Crippen LogP contribution is 2.39. The van der Waals surface area contributed by atoms with Gasteiger partial charge in [0.1, 0.15) is 0 Å². The van der Waals surface area contributed by atoms with Crippen molar-refractivity contribution in [2.45, 2.75) is 6.42 Å². The molecule has 0 amide bonds. The molecule has 0 spiro atoms. The minimum absolute atomic E-state index is 0.592. The van der Waals surface area contributed by atoms with Gasteiger partial charge >= 0.3 is 0 Å². The molecule has 0 saturated heterocycles. The summed E-state index contributed by atoms with van der Waals surface area (Å²) in [6.07, 6.45) is 7.99. The SMILES string of the molecule is COc1ccc(-c2cnc(Nc3cccnc3)c3c2CCO3)cn1. The normalized spacial score (nSPS) is 12.4. The van der Waals surface area contributed by atoms with Crippen molar-refractivity contribution >= 4 is 11.5 Å². The van der Waals surface area contributed by atoms with Crippen LogP contribution in [0, 0.1) is 0 Å². The Hall–Kier alpha value is -3.15. The molecule has 6 heteroatoms. The minimum atomic E-state index is 0.592. The number of nitrogens with zero attached hydrogens (tertiary/aromatic N) is 3. The molecule has 4 heterocycles. The van der Waals surface area contributed by atoms with Crippen molar-refractivity contribution in [2.75, 3.05) is 19.0 Å². The van der Waals surface area contributed by atoms with Crippen LogP contribution >= 0.6 is 0 Å². The first-order valence-corrected chi connectivity index (χ1v) is 7.67. The average molecular weight is 320 g/mol. The monoisotopic (exact) mass is 320 g/mol. The second kappa shape index (κ2) is 6.16. The summed E-state index contributed by atoms with van der Waals surface area (Å²) in [6.45, 7) is 0.652. The van der Waals surface area contributed by atoms with Gasteiger partial charge in [-0.25, -0.2) is 9.97 Å². The van der Waals surface area contributed by atoms with Gasteiger partial charge in [0.25, 0.3) is 0 Å². The van der Waals surface area contributed by atoms with Crippen molar-refractivity contribution in [3.05, 3.63) is 54.6 Å². The third kappa shape index (κ3) is 2.62. The average Bonchev–Trinajstić information content (AvgIpc) is 3.13. The van der Waals surface area contributed by atoms with Crippen molar-refractivity contribution in [3.63, 3.8) is 0 Å². The van der Waals surface area contributed by atoms with E-state index >= 15 is 0 Å². The second-order valence-electron chi connectivity index (χ2n) is 5.38. The lowest BCUT2D eigenvalue weighted by Gasteiger charge is -2.12. The van der Waals surface area contributed by atoms with Gasteiger partial charge in [0, 0.05) is 47.8 Å². The zero-order chi connectivity index (χ0) is 16.4. The number of fused-ring (bicyclic) bond motifs is 1. The van der Waals surface area contributed by atoms with Crippen molar-refractivity contribution in [1.82, 2.24) is 15.0 Å². The lowest BCUT2D eigenvalue weighted by molar-refractivity contribution is 0.357. The summed E-state index contributed by atoms with van der Waals surface area (Å²) in [6, 6.07) is 7.65. The number of anilines is 2.